The standard InChI is InChI=1S/C13H28N2O3/c1-6-18-9-12(10(2)3)14-7-13(16)15-11(4)8-17-5/h10-12,14H,6-9H2,1-5H3,(H,15,16). The Kier molecular flexibility index (Phi) is 9.92. The van der Waals surface area contributed by atoms with Gasteiger partial charge in [-0.1, -0.05) is 13.8 Å². The van der Waals surface area contributed by atoms with Gasteiger partial charge >= 0.3 is 0 Å². The third-order valence-electron chi connectivity index (χ3n) is 2.66. The molecule has 5 nitrogen and oxygen atoms in total. The number of ether oxygens (including phenoxy) is 2. The van der Waals surface area contributed by atoms with E-state index in [2.05, 4.69) is 24.5 Å². The summed E-state index contributed by atoms with van der Waals surface area (Å²) in [4.78, 5) is 11.7. The molecule has 0 radical (unpaired) electrons. The fraction of sp³-hybridized carbons (Fsp3) is 0.923. The quantitative estimate of drug-likeness (QED) is 0.609. The molecule has 1 amide bonds. The van der Waals surface area contributed by atoms with Gasteiger partial charge in [0.05, 0.1) is 19.8 Å². The molecule has 0 aliphatic rings. The predicted molar refractivity (Wildman–Crippen MR) is 72.6 cm³/mol. The van der Waals surface area contributed by atoms with Crippen LogP contribution in [-0.2, 0) is 14.3 Å². The number of amides is 1. The molecule has 0 rings (SSSR count). The summed E-state index contributed by atoms with van der Waals surface area (Å²) in [6, 6.07) is 0.238. The minimum Gasteiger partial charge on any atom is -0.383 e. The lowest BCUT2D eigenvalue weighted by Crippen LogP contribution is -2.46. The van der Waals surface area contributed by atoms with Crippen LogP contribution in [0.3, 0.4) is 0 Å². The number of nitrogens with one attached hydrogen (secondary N) is 2. The van der Waals surface area contributed by atoms with E-state index in [0.29, 0.717) is 32.3 Å². The lowest BCUT2D eigenvalue weighted by atomic mass is 10.1. The average Bonchev–Trinajstić information content (AvgIpc) is 2.28. The van der Waals surface area contributed by atoms with Crippen LogP contribution in [-0.4, -0.2) is 51.5 Å². The highest BCUT2D eigenvalue weighted by atomic mass is 16.5. The van der Waals surface area contributed by atoms with Gasteiger partial charge in [-0.25, -0.2) is 0 Å². The van der Waals surface area contributed by atoms with Crippen molar-refractivity contribution in [2.24, 2.45) is 5.92 Å². The number of methoxy groups -OCH3 is 1. The Hall–Kier alpha value is -0.650. The lowest BCUT2D eigenvalue weighted by Gasteiger charge is -2.22. The molecule has 0 aromatic carbocycles. The Morgan fingerprint density at radius 1 is 1.22 bits per heavy atom. The van der Waals surface area contributed by atoms with Gasteiger partial charge in [0.25, 0.3) is 0 Å². The average molecular weight is 260 g/mol. The molecule has 0 saturated heterocycles. The van der Waals surface area contributed by atoms with Gasteiger partial charge in [0, 0.05) is 25.8 Å². The van der Waals surface area contributed by atoms with Crippen molar-refractivity contribution in [3.05, 3.63) is 0 Å². The van der Waals surface area contributed by atoms with E-state index >= 15 is 0 Å². The van der Waals surface area contributed by atoms with Crippen molar-refractivity contribution in [1.29, 1.82) is 0 Å². The van der Waals surface area contributed by atoms with Crippen LogP contribution in [0.15, 0.2) is 0 Å². The first-order chi connectivity index (χ1) is 8.51. The monoisotopic (exact) mass is 260 g/mol. The second-order valence-electron chi connectivity index (χ2n) is 4.81. The van der Waals surface area contributed by atoms with Gasteiger partial charge in [-0.2, -0.15) is 0 Å². The summed E-state index contributed by atoms with van der Waals surface area (Å²) in [5.74, 6) is 0.419. The van der Waals surface area contributed by atoms with Crippen molar-refractivity contribution < 1.29 is 14.3 Å². The molecule has 5 heteroatoms. The van der Waals surface area contributed by atoms with E-state index in [9.17, 15) is 4.79 Å². The molecule has 0 aromatic rings. The molecule has 2 N–H and O–H groups in total. The Balaban J connectivity index is 3.91. The summed E-state index contributed by atoms with van der Waals surface area (Å²) in [5, 5.41) is 6.09. The molecule has 108 valence electrons. The topological polar surface area (TPSA) is 59.6 Å². The molecule has 0 saturated carbocycles. The van der Waals surface area contributed by atoms with Crippen molar-refractivity contribution in [1.82, 2.24) is 10.6 Å². The van der Waals surface area contributed by atoms with Crippen molar-refractivity contribution in [3.8, 4) is 0 Å². The second-order valence-corrected chi connectivity index (χ2v) is 4.81. The van der Waals surface area contributed by atoms with Crippen LogP contribution in [0, 0.1) is 5.92 Å². The Morgan fingerprint density at radius 3 is 2.39 bits per heavy atom. The van der Waals surface area contributed by atoms with Crippen LogP contribution >= 0.6 is 0 Å². The van der Waals surface area contributed by atoms with Gasteiger partial charge in [-0.3, -0.25) is 4.79 Å². The molecule has 0 aromatic heterocycles. The molecule has 0 fully saturated rings. The van der Waals surface area contributed by atoms with E-state index in [1.165, 1.54) is 0 Å². The third kappa shape index (κ3) is 8.44. The van der Waals surface area contributed by atoms with Crippen LogP contribution in [0.5, 0.6) is 0 Å². The van der Waals surface area contributed by atoms with E-state index in [0.717, 1.165) is 0 Å². The molecule has 0 heterocycles. The molecule has 0 aliphatic carbocycles. The fourth-order valence-corrected chi connectivity index (χ4v) is 1.57. The van der Waals surface area contributed by atoms with Gasteiger partial charge in [0.1, 0.15) is 0 Å². The highest BCUT2D eigenvalue weighted by Crippen LogP contribution is 2.01. The van der Waals surface area contributed by atoms with Crippen LogP contribution in [0.1, 0.15) is 27.7 Å². The minimum atomic E-state index is -0.0123. The van der Waals surface area contributed by atoms with Crippen molar-refractivity contribution in [2.45, 2.75) is 39.8 Å². The smallest absolute Gasteiger partial charge is 0.234 e. The number of hydrogen-bond donors (Lipinski definition) is 2. The first-order valence-electron chi connectivity index (χ1n) is 6.60. The van der Waals surface area contributed by atoms with E-state index in [-0.39, 0.29) is 18.0 Å². The Morgan fingerprint density at radius 2 is 1.89 bits per heavy atom. The number of carbonyl (C=O) groups excluding carboxylic acids is 1. The zero-order chi connectivity index (χ0) is 14.0. The zero-order valence-corrected chi connectivity index (χ0v) is 12.3. The maximum absolute atomic E-state index is 11.7. The Bertz CT molecular complexity index is 222. The molecular weight excluding hydrogens is 232 g/mol. The second kappa shape index (κ2) is 10.3. The summed E-state index contributed by atoms with van der Waals surface area (Å²) in [6.07, 6.45) is 0. The van der Waals surface area contributed by atoms with E-state index in [1.807, 2.05) is 13.8 Å². The number of hydrogen-bond acceptors (Lipinski definition) is 4. The van der Waals surface area contributed by atoms with Gasteiger partial charge in [-0.05, 0) is 19.8 Å². The van der Waals surface area contributed by atoms with Crippen molar-refractivity contribution in [3.63, 3.8) is 0 Å². The fourth-order valence-electron chi connectivity index (χ4n) is 1.57. The molecule has 2 atom stereocenters. The highest BCUT2D eigenvalue weighted by molar-refractivity contribution is 5.78. The van der Waals surface area contributed by atoms with Crippen LogP contribution in [0.25, 0.3) is 0 Å². The summed E-state index contributed by atoms with van der Waals surface area (Å²) in [7, 11) is 1.62. The van der Waals surface area contributed by atoms with Gasteiger partial charge < -0.3 is 20.1 Å². The Labute approximate surface area is 111 Å². The maximum atomic E-state index is 11.7. The van der Waals surface area contributed by atoms with E-state index in [1.54, 1.807) is 7.11 Å². The zero-order valence-electron chi connectivity index (χ0n) is 12.3. The van der Waals surface area contributed by atoms with Crippen LogP contribution < -0.4 is 10.6 Å². The van der Waals surface area contributed by atoms with Gasteiger partial charge in [0.2, 0.25) is 5.91 Å². The highest BCUT2D eigenvalue weighted by Gasteiger charge is 2.15. The normalized spacial score (nSPS) is 14.6. The molecule has 18 heavy (non-hydrogen) atoms. The van der Waals surface area contributed by atoms with E-state index < -0.39 is 0 Å². The SMILES string of the molecule is CCOCC(NCC(=O)NC(C)COC)C(C)C. The first kappa shape index (κ1) is 17.4. The molecular formula is C13H28N2O3. The lowest BCUT2D eigenvalue weighted by molar-refractivity contribution is -0.121. The van der Waals surface area contributed by atoms with Crippen LogP contribution in [0.2, 0.25) is 0 Å². The molecule has 0 aliphatic heterocycles. The maximum Gasteiger partial charge on any atom is 0.234 e. The van der Waals surface area contributed by atoms with Gasteiger partial charge in [-0.15, -0.1) is 0 Å². The van der Waals surface area contributed by atoms with Crippen LogP contribution in [0.4, 0.5) is 0 Å². The minimum absolute atomic E-state index is 0.0123. The van der Waals surface area contributed by atoms with E-state index in [4.69, 9.17) is 9.47 Å². The summed E-state index contributed by atoms with van der Waals surface area (Å²) in [6.45, 7) is 10.3. The summed E-state index contributed by atoms with van der Waals surface area (Å²) in [5.41, 5.74) is 0. The largest absolute Gasteiger partial charge is 0.383 e. The molecule has 2 unspecified atom stereocenters. The summed E-state index contributed by atoms with van der Waals surface area (Å²) < 4.78 is 10.4. The third-order valence-corrected chi connectivity index (χ3v) is 2.66. The number of carbonyl (C=O) groups is 1. The molecule has 0 spiro atoms. The predicted octanol–water partition coefficient (Wildman–Crippen LogP) is 0.788. The van der Waals surface area contributed by atoms with Crippen molar-refractivity contribution in [2.75, 3.05) is 33.5 Å². The van der Waals surface area contributed by atoms with Gasteiger partial charge in [0.15, 0.2) is 0 Å². The number of rotatable bonds is 10. The summed E-state index contributed by atoms with van der Waals surface area (Å²) >= 11 is 0. The van der Waals surface area contributed by atoms with Crippen molar-refractivity contribution >= 4 is 5.91 Å². The molecule has 0 bridgehead atoms. The first-order valence-corrected chi connectivity index (χ1v) is 6.60.